The third kappa shape index (κ3) is 5.25. The number of imidazole rings is 1. The molecule has 8 nitrogen and oxygen atoms in total. The van der Waals surface area contributed by atoms with Gasteiger partial charge in [0.2, 0.25) is 0 Å². The highest BCUT2D eigenvalue weighted by Crippen LogP contribution is 2.34. The normalized spacial score (nSPS) is 19.1. The highest BCUT2D eigenvalue weighted by molar-refractivity contribution is 6.27. The number of aryl methyl sites for hydroxylation is 3. The topological polar surface area (TPSA) is 105 Å². The minimum absolute atomic E-state index is 0.0302. The van der Waals surface area contributed by atoms with Crippen molar-refractivity contribution in [1.82, 2.24) is 14.5 Å². The molecule has 2 aromatic rings. The molecular weight excluding hydrogens is 386 g/mol. The number of rotatable bonds is 3. The molecule has 1 unspecified atom stereocenters. The minimum Gasteiger partial charge on any atom is -0.473 e. The largest absolute Gasteiger partial charge is 0.473 e. The van der Waals surface area contributed by atoms with Crippen LogP contribution < -0.4 is 0 Å². The number of fused-ring (bicyclic) bond motifs is 2. The van der Waals surface area contributed by atoms with Crippen molar-refractivity contribution >= 4 is 11.9 Å². The van der Waals surface area contributed by atoms with Gasteiger partial charge in [0, 0.05) is 25.8 Å². The summed E-state index contributed by atoms with van der Waals surface area (Å²) in [7, 11) is 2.19. The Morgan fingerprint density at radius 3 is 2.43 bits per heavy atom. The van der Waals surface area contributed by atoms with Crippen LogP contribution in [0.3, 0.4) is 0 Å². The van der Waals surface area contributed by atoms with Crippen LogP contribution in [0.15, 0.2) is 30.5 Å². The molecule has 1 aromatic heterocycles. The van der Waals surface area contributed by atoms with Crippen molar-refractivity contribution in [2.45, 2.75) is 51.4 Å². The number of piperidine rings is 1. The van der Waals surface area contributed by atoms with Crippen LogP contribution in [-0.4, -0.2) is 62.8 Å². The highest BCUT2D eigenvalue weighted by Gasteiger charge is 2.30. The minimum atomic E-state index is -1.82. The van der Waals surface area contributed by atoms with E-state index < -0.39 is 11.9 Å². The zero-order valence-corrected chi connectivity index (χ0v) is 17.5. The van der Waals surface area contributed by atoms with Gasteiger partial charge in [-0.3, -0.25) is 0 Å². The zero-order chi connectivity index (χ0) is 21.7. The van der Waals surface area contributed by atoms with Gasteiger partial charge in [-0.15, -0.1) is 0 Å². The third-order valence-corrected chi connectivity index (χ3v) is 5.59. The molecule has 2 aliphatic rings. The Morgan fingerprint density at radius 1 is 1.13 bits per heavy atom. The maximum Gasteiger partial charge on any atom is 0.414 e. The van der Waals surface area contributed by atoms with E-state index in [1.54, 1.807) is 0 Å². The lowest BCUT2D eigenvalue weighted by molar-refractivity contribution is -0.159. The molecule has 0 saturated carbocycles. The molecule has 1 fully saturated rings. The average Bonchev–Trinajstić information content (AvgIpc) is 3.10. The van der Waals surface area contributed by atoms with Crippen molar-refractivity contribution in [3.63, 3.8) is 0 Å². The van der Waals surface area contributed by atoms with Crippen molar-refractivity contribution in [3.05, 3.63) is 53.1 Å². The molecule has 0 amide bonds. The maximum atomic E-state index is 9.10. The standard InChI is InChI=1S/C20H27N3O.C2H2O4/c1-3-16-14-23-13-8-15-6-4-5-7-18(15)19(20(23)21-16)24-17-9-11-22(2)12-10-17;3-1(4)2(5)6/h4-7,14,17,19H,3,8-13H2,1-2H3;(H,3,4)(H,5,6). The summed E-state index contributed by atoms with van der Waals surface area (Å²) in [5, 5.41) is 14.8. The van der Waals surface area contributed by atoms with Crippen LogP contribution in [0.4, 0.5) is 0 Å². The monoisotopic (exact) mass is 415 g/mol. The summed E-state index contributed by atoms with van der Waals surface area (Å²) in [5.74, 6) is -2.55. The molecule has 8 heteroatoms. The van der Waals surface area contributed by atoms with Crippen LogP contribution in [0.1, 0.15) is 48.5 Å². The second kappa shape index (κ2) is 9.86. The Hall–Kier alpha value is -2.71. The molecular formula is C22H29N3O5. The molecule has 0 spiro atoms. The summed E-state index contributed by atoms with van der Waals surface area (Å²) >= 11 is 0. The number of likely N-dealkylation sites (tertiary alicyclic amines) is 1. The van der Waals surface area contributed by atoms with Gasteiger partial charge < -0.3 is 24.4 Å². The molecule has 0 bridgehead atoms. The second-order valence-electron chi connectivity index (χ2n) is 7.72. The van der Waals surface area contributed by atoms with E-state index >= 15 is 0 Å². The first-order valence-corrected chi connectivity index (χ1v) is 10.3. The predicted octanol–water partition coefficient (Wildman–Crippen LogP) is 2.36. The molecule has 4 rings (SSSR count). The number of hydrogen-bond acceptors (Lipinski definition) is 5. The van der Waals surface area contributed by atoms with Crippen LogP contribution in [0.25, 0.3) is 0 Å². The lowest BCUT2D eigenvalue weighted by Crippen LogP contribution is -2.35. The number of aliphatic carboxylic acids is 2. The lowest BCUT2D eigenvalue weighted by atomic mass is 10.00. The molecule has 1 aromatic carbocycles. The van der Waals surface area contributed by atoms with Gasteiger partial charge in [0.1, 0.15) is 11.9 Å². The Bertz CT molecular complexity index is 875. The molecule has 1 atom stereocenters. The van der Waals surface area contributed by atoms with E-state index in [4.69, 9.17) is 29.5 Å². The summed E-state index contributed by atoms with van der Waals surface area (Å²) in [5.41, 5.74) is 3.88. The average molecular weight is 415 g/mol. The third-order valence-electron chi connectivity index (χ3n) is 5.59. The first-order chi connectivity index (χ1) is 14.4. The van der Waals surface area contributed by atoms with E-state index in [1.807, 2.05) is 0 Å². The van der Waals surface area contributed by atoms with Gasteiger partial charge >= 0.3 is 11.9 Å². The zero-order valence-electron chi connectivity index (χ0n) is 17.5. The van der Waals surface area contributed by atoms with E-state index in [-0.39, 0.29) is 6.10 Å². The van der Waals surface area contributed by atoms with Gasteiger partial charge in [-0.1, -0.05) is 31.2 Å². The summed E-state index contributed by atoms with van der Waals surface area (Å²) in [6.07, 6.45) is 6.75. The van der Waals surface area contributed by atoms with Gasteiger partial charge in [0.25, 0.3) is 0 Å². The fourth-order valence-electron chi connectivity index (χ4n) is 3.89. The van der Waals surface area contributed by atoms with Crippen molar-refractivity contribution in [1.29, 1.82) is 0 Å². The number of ether oxygens (including phenoxy) is 1. The molecule has 30 heavy (non-hydrogen) atoms. The van der Waals surface area contributed by atoms with Crippen LogP contribution in [0, 0.1) is 0 Å². The Kier molecular flexibility index (Phi) is 7.23. The first-order valence-electron chi connectivity index (χ1n) is 10.3. The molecule has 0 aliphatic carbocycles. The Morgan fingerprint density at radius 2 is 1.80 bits per heavy atom. The van der Waals surface area contributed by atoms with Gasteiger partial charge in [-0.25, -0.2) is 14.6 Å². The van der Waals surface area contributed by atoms with E-state index in [0.717, 1.165) is 51.1 Å². The van der Waals surface area contributed by atoms with E-state index in [1.165, 1.54) is 16.8 Å². The SMILES string of the molecule is CCc1cn2c(n1)C(OC1CCN(C)CC1)c1ccccc1CC2.O=C(O)C(=O)O. The fourth-order valence-corrected chi connectivity index (χ4v) is 3.89. The summed E-state index contributed by atoms with van der Waals surface area (Å²) in [6, 6.07) is 8.73. The van der Waals surface area contributed by atoms with Crippen LogP contribution in [0.2, 0.25) is 0 Å². The molecule has 2 N–H and O–H groups in total. The van der Waals surface area contributed by atoms with Gasteiger partial charge in [0.05, 0.1) is 11.8 Å². The Balaban J connectivity index is 0.000000377. The van der Waals surface area contributed by atoms with Gasteiger partial charge in [0.15, 0.2) is 0 Å². The Labute approximate surface area is 176 Å². The fraction of sp³-hybridized carbons (Fsp3) is 0.500. The van der Waals surface area contributed by atoms with E-state index in [9.17, 15) is 0 Å². The van der Waals surface area contributed by atoms with Crippen molar-refractivity contribution in [3.8, 4) is 0 Å². The second-order valence-corrected chi connectivity index (χ2v) is 7.72. The molecule has 0 radical (unpaired) electrons. The number of aromatic nitrogens is 2. The number of benzene rings is 1. The van der Waals surface area contributed by atoms with Crippen molar-refractivity contribution < 1.29 is 24.5 Å². The molecule has 3 heterocycles. The quantitative estimate of drug-likeness (QED) is 0.742. The number of carbonyl (C=O) groups is 2. The van der Waals surface area contributed by atoms with Crippen molar-refractivity contribution in [2.75, 3.05) is 20.1 Å². The molecule has 162 valence electrons. The summed E-state index contributed by atoms with van der Waals surface area (Å²) in [6.45, 7) is 5.40. The number of carboxylic acids is 2. The smallest absolute Gasteiger partial charge is 0.414 e. The van der Waals surface area contributed by atoms with E-state index in [2.05, 4.69) is 53.9 Å². The maximum absolute atomic E-state index is 9.10. The van der Waals surface area contributed by atoms with Gasteiger partial charge in [-0.05, 0) is 43.9 Å². The van der Waals surface area contributed by atoms with Gasteiger partial charge in [-0.2, -0.15) is 0 Å². The highest BCUT2D eigenvalue weighted by atomic mass is 16.5. The van der Waals surface area contributed by atoms with Crippen LogP contribution in [0.5, 0.6) is 0 Å². The summed E-state index contributed by atoms with van der Waals surface area (Å²) in [4.78, 5) is 25.5. The number of hydrogen-bond donors (Lipinski definition) is 2. The summed E-state index contributed by atoms with van der Waals surface area (Å²) < 4.78 is 8.98. The first kappa shape index (κ1) is 22.0. The number of carboxylic acid groups (broad SMARTS) is 2. The van der Waals surface area contributed by atoms with Crippen LogP contribution in [-0.2, 0) is 33.7 Å². The lowest BCUT2D eigenvalue weighted by Gasteiger charge is -2.32. The predicted molar refractivity (Wildman–Crippen MR) is 110 cm³/mol. The van der Waals surface area contributed by atoms with Crippen LogP contribution >= 0.6 is 0 Å². The molecule has 1 saturated heterocycles. The number of nitrogens with zero attached hydrogens (tertiary/aromatic N) is 3. The van der Waals surface area contributed by atoms with Crippen molar-refractivity contribution in [2.24, 2.45) is 0 Å². The van der Waals surface area contributed by atoms with E-state index in [0.29, 0.717) is 6.10 Å². The molecule has 2 aliphatic heterocycles.